The molecule has 1 aliphatic heterocycles. The molecule has 0 spiro atoms. The Morgan fingerprint density at radius 3 is 2.06 bits per heavy atom. The summed E-state index contributed by atoms with van der Waals surface area (Å²) in [4.78, 5) is 0. The zero-order valence-corrected chi connectivity index (χ0v) is 12.2. The van der Waals surface area contributed by atoms with Gasteiger partial charge in [-0.3, -0.25) is 0 Å². The van der Waals surface area contributed by atoms with Crippen LogP contribution in [0.3, 0.4) is 0 Å². The predicted molar refractivity (Wildman–Crippen MR) is 73.5 cm³/mol. The Morgan fingerprint density at radius 1 is 1.12 bits per heavy atom. The average molecular weight is 262 g/mol. The molecule has 2 fully saturated rings. The number of hydrogen-bond acceptors (Lipinski definition) is 3. The first kappa shape index (κ1) is 15.3. The van der Waals surface area contributed by atoms with Gasteiger partial charge in [-0.25, -0.2) is 0 Å². The van der Waals surface area contributed by atoms with E-state index in [0.717, 1.165) is 12.7 Å². The van der Waals surface area contributed by atoms with Gasteiger partial charge in [0.05, 0.1) is 11.2 Å². The summed E-state index contributed by atoms with van der Waals surface area (Å²) in [6, 6.07) is 0.346. The van der Waals surface area contributed by atoms with E-state index in [-0.39, 0.29) is 30.7 Å². The van der Waals surface area contributed by atoms with E-state index in [1.165, 1.54) is 12.8 Å². The molecule has 2 rings (SSSR count). The van der Waals surface area contributed by atoms with Crippen molar-refractivity contribution in [2.24, 2.45) is 11.7 Å². The highest BCUT2D eigenvalue weighted by molar-refractivity contribution is 6.45. The van der Waals surface area contributed by atoms with Crippen LogP contribution in [0.5, 0.6) is 0 Å². The lowest BCUT2D eigenvalue weighted by Gasteiger charge is -2.32. The van der Waals surface area contributed by atoms with Crippen molar-refractivity contribution < 1.29 is 9.31 Å². The van der Waals surface area contributed by atoms with Crippen LogP contribution in [0.1, 0.15) is 47.0 Å². The molecule has 3 nitrogen and oxygen atoms in total. The predicted octanol–water partition coefficient (Wildman–Crippen LogP) is 2.63. The van der Waals surface area contributed by atoms with E-state index < -0.39 is 0 Å². The summed E-state index contributed by atoms with van der Waals surface area (Å²) in [5, 5.41) is 0. The lowest BCUT2D eigenvalue weighted by Crippen LogP contribution is -2.41. The Hall–Kier alpha value is 0.235. The first-order chi connectivity index (χ1) is 7.32. The van der Waals surface area contributed by atoms with Crippen LogP contribution in [0.15, 0.2) is 0 Å². The molecule has 0 aromatic heterocycles. The van der Waals surface area contributed by atoms with E-state index in [0.29, 0.717) is 12.0 Å². The molecule has 1 saturated heterocycles. The minimum atomic E-state index is -0.208. The van der Waals surface area contributed by atoms with Gasteiger partial charge in [0.15, 0.2) is 0 Å². The van der Waals surface area contributed by atoms with Crippen LogP contribution >= 0.6 is 12.4 Å². The lowest BCUT2D eigenvalue weighted by molar-refractivity contribution is 0.00578. The van der Waals surface area contributed by atoms with Crippen molar-refractivity contribution in [1.29, 1.82) is 0 Å². The van der Waals surface area contributed by atoms with Gasteiger partial charge in [0, 0.05) is 6.04 Å². The van der Waals surface area contributed by atoms with Crippen molar-refractivity contribution >= 4 is 19.5 Å². The van der Waals surface area contributed by atoms with Gasteiger partial charge < -0.3 is 15.0 Å². The molecule has 0 amide bonds. The van der Waals surface area contributed by atoms with Gasteiger partial charge in [-0.05, 0) is 52.8 Å². The van der Waals surface area contributed by atoms with E-state index in [9.17, 15) is 0 Å². The number of rotatable bonds is 2. The maximum Gasteiger partial charge on any atom is 0.458 e. The molecule has 0 aromatic carbocycles. The molecule has 0 bridgehead atoms. The van der Waals surface area contributed by atoms with Gasteiger partial charge in [0.25, 0.3) is 0 Å². The SMILES string of the molecule is CC1(C)OB(CC2CCCC2N)OC1(C)C.Cl. The molecule has 2 aliphatic rings. The number of halogens is 1. The molecule has 1 saturated carbocycles. The van der Waals surface area contributed by atoms with Crippen LogP contribution in [0.2, 0.25) is 6.32 Å². The van der Waals surface area contributed by atoms with Gasteiger partial charge in [-0.2, -0.15) is 0 Å². The third-order valence-electron chi connectivity index (χ3n) is 4.52. The molecule has 0 radical (unpaired) electrons. The van der Waals surface area contributed by atoms with Crippen LogP contribution in [0.4, 0.5) is 0 Å². The van der Waals surface area contributed by atoms with E-state index in [4.69, 9.17) is 15.0 Å². The summed E-state index contributed by atoms with van der Waals surface area (Å²) >= 11 is 0. The first-order valence-electron chi connectivity index (χ1n) is 6.43. The van der Waals surface area contributed by atoms with Gasteiger partial charge in [0.2, 0.25) is 0 Å². The van der Waals surface area contributed by atoms with Crippen LogP contribution in [0.25, 0.3) is 0 Å². The molecular weight excluding hydrogens is 236 g/mol. The number of hydrogen-bond donors (Lipinski definition) is 1. The molecule has 5 heteroatoms. The van der Waals surface area contributed by atoms with Gasteiger partial charge >= 0.3 is 7.12 Å². The molecule has 0 aromatic rings. The highest BCUT2D eigenvalue weighted by Crippen LogP contribution is 2.40. The molecular formula is C12H25BClNO2. The Morgan fingerprint density at radius 2 is 1.65 bits per heavy atom. The molecule has 1 aliphatic carbocycles. The summed E-state index contributed by atoms with van der Waals surface area (Å²) in [6.07, 6.45) is 4.59. The second-order valence-electron chi connectivity index (χ2n) is 6.28. The van der Waals surface area contributed by atoms with E-state index in [2.05, 4.69) is 27.7 Å². The summed E-state index contributed by atoms with van der Waals surface area (Å²) in [6.45, 7) is 8.40. The fourth-order valence-electron chi connectivity index (χ4n) is 2.67. The van der Waals surface area contributed by atoms with Crippen molar-refractivity contribution in [3.05, 3.63) is 0 Å². The van der Waals surface area contributed by atoms with Crippen molar-refractivity contribution in [3.8, 4) is 0 Å². The largest absolute Gasteiger partial charge is 0.458 e. The number of nitrogens with two attached hydrogens (primary N) is 1. The average Bonchev–Trinajstić information content (AvgIpc) is 2.57. The zero-order chi connectivity index (χ0) is 12.0. The highest BCUT2D eigenvalue weighted by atomic mass is 35.5. The smallest absolute Gasteiger partial charge is 0.403 e. The quantitative estimate of drug-likeness (QED) is 0.777. The fourth-order valence-corrected chi connectivity index (χ4v) is 2.67. The maximum absolute atomic E-state index is 6.08. The summed E-state index contributed by atoms with van der Waals surface area (Å²) in [5.41, 5.74) is 5.67. The normalized spacial score (nSPS) is 34.8. The minimum absolute atomic E-state index is 0. The van der Waals surface area contributed by atoms with Crippen LogP contribution in [-0.4, -0.2) is 24.4 Å². The second-order valence-corrected chi connectivity index (χ2v) is 6.28. The fraction of sp³-hybridized carbons (Fsp3) is 1.00. The van der Waals surface area contributed by atoms with Gasteiger partial charge in [-0.15, -0.1) is 12.4 Å². The topological polar surface area (TPSA) is 44.5 Å². The van der Waals surface area contributed by atoms with Crippen molar-refractivity contribution in [3.63, 3.8) is 0 Å². The van der Waals surface area contributed by atoms with E-state index in [1.807, 2.05) is 0 Å². The molecule has 100 valence electrons. The maximum atomic E-state index is 6.08. The molecule has 2 N–H and O–H groups in total. The monoisotopic (exact) mass is 261 g/mol. The van der Waals surface area contributed by atoms with Gasteiger partial charge in [-0.1, -0.05) is 6.42 Å². The summed E-state index contributed by atoms with van der Waals surface area (Å²) in [7, 11) is -0.0702. The molecule has 1 heterocycles. The Labute approximate surface area is 111 Å². The Kier molecular flexibility index (Phi) is 4.57. The summed E-state index contributed by atoms with van der Waals surface area (Å²) < 4.78 is 12.0. The Balaban J connectivity index is 0.00000144. The first-order valence-corrected chi connectivity index (χ1v) is 6.43. The van der Waals surface area contributed by atoms with Crippen molar-refractivity contribution in [1.82, 2.24) is 0 Å². The van der Waals surface area contributed by atoms with Crippen molar-refractivity contribution in [2.45, 2.75) is 70.5 Å². The Bertz CT molecular complexity index is 257. The third kappa shape index (κ3) is 2.98. The summed E-state index contributed by atoms with van der Waals surface area (Å²) in [5.74, 6) is 0.578. The van der Waals surface area contributed by atoms with Crippen molar-refractivity contribution in [2.75, 3.05) is 0 Å². The highest BCUT2D eigenvalue weighted by Gasteiger charge is 2.51. The van der Waals surface area contributed by atoms with Crippen LogP contribution in [-0.2, 0) is 9.31 Å². The molecule has 2 atom stereocenters. The standard InChI is InChI=1S/C12H24BNO2.ClH/c1-11(2)12(3,4)16-13(15-11)8-9-6-5-7-10(9)14;/h9-10H,5-8,14H2,1-4H3;1H. The van der Waals surface area contributed by atoms with E-state index in [1.54, 1.807) is 0 Å². The van der Waals surface area contributed by atoms with Crippen LogP contribution < -0.4 is 5.73 Å². The minimum Gasteiger partial charge on any atom is -0.403 e. The lowest BCUT2D eigenvalue weighted by atomic mass is 9.75. The van der Waals surface area contributed by atoms with E-state index >= 15 is 0 Å². The molecule has 2 unspecified atom stereocenters. The second kappa shape index (κ2) is 5.08. The van der Waals surface area contributed by atoms with Gasteiger partial charge in [0.1, 0.15) is 0 Å². The molecule has 17 heavy (non-hydrogen) atoms. The van der Waals surface area contributed by atoms with Crippen LogP contribution in [0, 0.1) is 5.92 Å². The zero-order valence-electron chi connectivity index (χ0n) is 11.4. The third-order valence-corrected chi connectivity index (χ3v) is 4.52.